The number of aryl methyl sites for hydroxylation is 2. The first-order valence-electron chi connectivity index (χ1n) is 27.1. The first kappa shape index (κ1) is 53.9. The zero-order valence-corrected chi connectivity index (χ0v) is 45.1. The van der Waals surface area contributed by atoms with Crippen molar-refractivity contribution < 1.29 is 8.78 Å². The van der Waals surface area contributed by atoms with E-state index in [0.717, 1.165) is 72.0 Å². The lowest BCUT2D eigenvalue weighted by Crippen LogP contribution is -2.37. The number of aromatic nitrogens is 2. The van der Waals surface area contributed by atoms with Crippen molar-refractivity contribution >= 4 is 34.0 Å². The lowest BCUT2D eigenvalue weighted by molar-refractivity contribution is 0.167. The van der Waals surface area contributed by atoms with Crippen LogP contribution in [0.1, 0.15) is 130 Å². The molecule has 2 fully saturated rings. The fourth-order valence-electron chi connectivity index (χ4n) is 12.6. The quantitative estimate of drug-likeness (QED) is 0.0578. The molecule has 2 heterocycles. The Morgan fingerprint density at radius 3 is 2.44 bits per heavy atom. The minimum Gasteiger partial charge on any atom is -0.398 e. The van der Waals surface area contributed by atoms with E-state index in [0.29, 0.717) is 46.7 Å². The SMILES string of the molecule is C=CNCCC(CCC1CCC(NC)CC1)CN1CCC(c2ccc3c(N(C)CCC(=C)NC=C)nn(C)c3c2)CC1.CCCc1ccc2c(c1F)-c1c(Cl)c(F)cc3c1C(C=C2N)C(C)(c1ccccc1)C3. The third kappa shape index (κ3) is 11.9. The Labute approximate surface area is 440 Å². The number of fused-ring (bicyclic) bond motifs is 3. The van der Waals surface area contributed by atoms with E-state index in [-0.39, 0.29) is 22.2 Å². The van der Waals surface area contributed by atoms with Gasteiger partial charge in [0.2, 0.25) is 0 Å². The molecule has 1 aliphatic heterocycles. The molecule has 5 aromatic rings. The average Bonchev–Trinajstić information content (AvgIpc) is 3.83. The Balaban J connectivity index is 0.000000203. The molecule has 390 valence electrons. The van der Waals surface area contributed by atoms with Gasteiger partial charge in [0.15, 0.2) is 5.82 Å². The molecule has 0 spiro atoms. The summed E-state index contributed by atoms with van der Waals surface area (Å²) in [6.07, 6.45) is 20.4. The molecule has 3 aliphatic carbocycles. The van der Waals surface area contributed by atoms with E-state index in [4.69, 9.17) is 22.4 Å². The molecule has 73 heavy (non-hydrogen) atoms. The fourth-order valence-corrected chi connectivity index (χ4v) is 12.9. The summed E-state index contributed by atoms with van der Waals surface area (Å²) in [7, 11) is 6.30. The van der Waals surface area contributed by atoms with Gasteiger partial charge in [-0.15, -0.1) is 0 Å². The molecule has 0 amide bonds. The summed E-state index contributed by atoms with van der Waals surface area (Å²) in [5, 5.41) is 16.0. The predicted octanol–water partition coefficient (Wildman–Crippen LogP) is 13.3. The number of nitrogens with zero attached hydrogens (tertiary/aromatic N) is 4. The van der Waals surface area contributed by atoms with E-state index >= 15 is 8.78 Å². The third-order valence-corrected chi connectivity index (χ3v) is 17.3. The molecule has 1 saturated carbocycles. The molecular weight excluding hydrogens is 930 g/mol. The maximum atomic E-state index is 15.8. The van der Waals surface area contributed by atoms with Crippen LogP contribution >= 0.6 is 11.6 Å². The van der Waals surface area contributed by atoms with Gasteiger partial charge in [-0.2, -0.15) is 5.10 Å². The van der Waals surface area contributed by atoms with Crippen molar-refractivity contribution in [2.45, 2.75) is 121 Å². The molecule has 5 N–H and O–H groups in total. The van der Waals surface area contributed by atoms with Gasteiger partial charge in [0.1, 0.15) is 11.6 Å². The van der Waals surface area contributed by atoms with Crippen LogP contribution in [-0.4, -0.2) is 67.5 Å². The maximum Gasteiger partial charge on any atom is 0.158 e. The van der Waals surface area contributed by atoms with Gasteiger partial charge < -0.3 is 31.5 Å². The first-order chi connectivity index (χ1) is 35.3. The number of allylic oxidation sites excluding steroid dienone is 1. The zero-order chi connectivity index (χ0) is 51.8. The Hall–Kier alpha value is -5.42. The topological polar surface area (TPSA) is 86.4 Å². The van der Waals surface area contributed by atoms with Crippen LogP contribution in [-0.2, 0) is 25.3 Å². The maximum absolute atomic E-state index is 15.8. The van der Waals surface area contributed by atoms with Gasteiger partial charge >= 0.3 is 0 Å². The van der Waals surface area contributed by atoms with Crippen molar-refractivity contribution in [2.75, 3.05) is 51.7 Å². The smallest absolute Gasteiger partial charge is 0.158 e. The summed E-state index contributed by atoms with van der Waals surface area (Å²) in [6, 6.07) is 23.1. The van der Waals surface area contributed by atoms with Crippen LogP contribution in [0.15, 0.2) is 111 Å². The number of rotatable bonds is 20. The number of halogens is 3. The lowest BCUT2D eigenvalue weighted by atomic mass is 9.72. The summed E-state index contributed by atoms with van der Waals surface area (Å²) in [5.74, 6) is 2.34. The molecule has 1 saturated heterocycles. The molecule has 1 aromatic heterocycles. The second-order valence-corrected chi connectivity index (χ2v) is 22.1. The van der Waals surface area contributed by atoms with Crippen LogP contribution in [0.4, 0.5) is 14.6 Å². The van der Waals surface area contributed by atoms with Crippen molar-refractivity contribution in [1.29, 1.82) is 0 Å². The zero-order valence-electron chi connectivity index (χ0n) is 44.3. The Morgan fingerprint density at radius 2 is 1.74 bits per heavy atom. The molecular formula is C62H81ClF2N8. The van der Waals surface area contributed by atoms with Crippen LogP contribution in [0.5, 0.6) is 0 Å². The summed E-state index contributed by atoms with van der Waals surface area (Å²) in [6.45, 7) is 21.4. The third-order valence-electron chi connectivity index (χ3n) is 16.9. The van der Waals surface area contributed by atoms with Crippen molar-refractivity contribution in [2.24, 2.45) is 24.6 Å². The normalized spacial score (nSPS) is 21.0. The van der Waals surface area contributed by atoms with Crippen molar-refractivity contribution in [3.8, 4) is 11.1 Å². The number of hydrogen-bond donors (Lipinski definition) is 4. The van der Waals surface area contributed by atoms with E-state index < -0.39 is 5.82 Å². The van der Waals surface area contributed by atoms with Gasteiger partial charge in [0.25, 0.3) is 0 Å². The standard InChI is InChI=1S/C35H57N7.C27H24ClF2N/c1-7-37-21-17-29(10-9-28-11-14-32(36-4)15-12-28)26-42-23-19-30(20-24-42)31-13-16-33-34(25-31)41(6)39-35(33)40(5)22-18-27(3)38-8-2;1-3-7-15-10-11-18-21(31)13-19-22-16(14-27(19,2)17-8-5-4-6-9-17)12-20(29)25(28)24(22)23(18)26(15)30/h7-8,13,16,25,28-30,32,36-38H,1-3,9-12,14-15,17-24,26H2,4-6H3;4-6,8-13,19H,3,7,14,31H2,1-2H3. The van der Waals surface area contributed by atoms with Gasteiger partial charge in [0, 0.05) is 91.0 Å². The van der Waals surface area contributed by atoms with Crippen LogP contribution in [0.2, 0.25) is 5.02 Å². The van der Waals surface area contributed by atoms with Gasteiger partial charge in [-0.05, 0) is 161 Å². The summed E-state index contributed by atoms with van der Waals surface area (Å²) in [4.78, 5) is 4.97. The highest BCUT2D eigenvalue weighted by atomic mass is 35.5. The van der Waals surface area contributed by atoms with Gasteiger partial charge in [-0.3, -0.25) is 4.68 Å². The van der Waals surface area contributed by atoms with E-state index in [2.05, 4.69) is 104 Å². The monoisotopic (exact) mass is 1010 g/mol. The van der Waals surface area contributed by atoms with Crippen LogP contribution in [0.25, 0.3) is 27.7 Å². The van der Waals surface area contributed by atoms with E-state index in [1.165, 1.54) is 100.0 Å². The second kappa shape index (κ2) is 24.3. The van der Waals surface area contributed by atoms with Crippen LogP contribution in [0.3, 0.4) is 0 Å². The molecule has 3 atom stereocenters. The van der Waals surface area contributed by atoms with E-state index in [1.54, 1.807) is 12.3 Å². The molecule has 0 bridgehead atoms. The average molecular weight is 1010 g/mol. The number of anilines is 1. The minimum absolute atomic E-state index is 0.0297. The molecule has 8 nitrogen and oxygen atoms in total. The molecule has 9 rings (SSSR count). The number of nitrogens with one attached hydrogen (secondary N) is 3. The summed E-state index contributed by atoms with van der Waals surface area (Å²) < 4.78 is 32.9. The molecule has 11 heteroatoms. The van der Waals surface area contributed by atoms with Gasteiger partial charge in [-0.1, -0.05) is 113 Å². The highest BCUT2D eigenvalue weighted by Gasteiger charge is 2.47. The van der Waals surface area contributed by atoms with Crippen LogP contribution < -0.4 is 26.6 Å². The fraction of sp³-hybridized carbons (Fsp3) is 0.468. The minimum atomic E-state index is -0.516. The highest BCUT2D eigenvalue weighted by Crippen LogP contribution is 2.57. The number of piperidine rings is 1. The molecule has 3 unspecified atom stereocenters. The molecule has 0 radical (unpaired) electrons. The van der Waals surface area contributed by atoms with Crippen molar-refractivity contribution in [3.05, 3.63) is 161 Å². The van der Waals surface area contributed by atoms with Crippen molar-refractivity contribution in [1.82, 2.24) is 30.6 Å². The first-order valence-corrected chi connectivity index (χ1v) is 27.5. The van der Waals surface area contributed by atoms with E-state index in [9.17, 15) is 0 Å². The Kier molecular flexibility index (Phi) is 17.9. The highest BCUT2D eigenvalue weighted by molar-refractivity contribution is 6.34. The van der Waals surface area contributed by atoms with Gasteiger partial charge in [-0.25, -0.2) is 8.78 Å². The number of likely N-dealkylation sites (tertiary alicyclic amines) is 1. The van der Waals surface area contributed by atoms with E-state index in [1.807, 2.05) is 48.1 Å². The Morgan fingerprint density at radius 1 is 0.986 bits per heavy atom. The summed E-state index contributed by atoms with van der Waals surface area (Å²) in [5.41, 5.74) is 15.2. The Bertz CT molecular complexity index is 2750. The lowest BCUT2D eigenvalue weighted by Gasteiger charge is -2.35. The summed E-state index contributed by atoms with van der Waals surface area (Å²) >= 11 is 6.56. The van der Waals surface area contributed by atoms with Gasteiger partial charge in [0.05, 0.1) is 10.5 Å². The number of benzene rings is 4. The molecule has 4 aromatic carbocycles. The second-order valence-electron chi connectivity index (χ2n) is 21.7. The van der Waals surface area contributed by atoms with Crippen molar-refractivity contribution in [3.63, 3.8) is 0 Å². The molecule has 4 aliphatic rings. The predicted molar refractivity (Wildman–Crippen MR) is 303 cm³/mol. The van der Waals surface area contributed by atoms with Crippen LogP contribution in [0, 0.1) is 23.5 Å². The number of nitrogens with two attached hydrogens (primary N) is 1. The number of hydrogen-bond acceptors (Lipinski definition) is 7. The largest absolute Gasteiger partial charge is 0.398 e.